The largest absolute Gasteiger partial charge is 0.468 e. The van der Waals surface area contributed by atoms with Crippen molar-refractivity contribution in [3.05, 3.63) is 0 Å². The summed E-state index contributed by atoms with van der Waals surface area (Å²) >= 11 is 0. The Kier molecular flexibility index (Phi) is 4.29. The van der Waals surface area contributed by atoms with Crippen LogP contribution >= 0.6 is 0 Å². The van der Waals surface area contributed by atoms with Gasteiger partial charge < -0.3 is 15.0 Å². The summed E-state index contributed by atoms with van der Waals surface area (Å²) in [5, 5.41) is 3.43. The van der Waals surface area contributed by atoms with Crippen LogP contribution in [0.25, 0.3) is 0 Å². The van der Waals surface area contributed by atoms with E-state index in [-0.39, 0.29) is 11.5 Å². The molecule has 2 unspecified atom stereocenters. The summed E-state index contributed by atoms with van der Waals surface area (Å²) in [6, 6.07) is 0.582. The molecule has 2 atom stereocenters. The van der Waals surface area contributed by atoms with E-state index in [1.807, 2.05) is 0 Å². The van der Waals surface area contributed by atoms with Crippen molar-refractivity contribution < 1.29 is 9.53 Å². The van der Waals surface area contributed by atoms with Gasteiger partial charge in [0, 0.05) is 32.2 Å². The van der Waals surface area contributed by atoms with Gasteiger partial charge in [-0.05, 0) is 45.2 Å². The first-order valence-electron chi connectivity index (χ1n) is 8.04. The second-order valence-corrected chi connectivity index (χ2v) is 6.40. The fraction of sp³-hybridized carbons (Fsp3) is 0.933. The molecule has 5 heteroatoms. The molecule has 0 saturated carbocycles. The van der Waals surface area contributed by atoms with E-state index in [0.717, 1.165) is 52.0 Å². The quantitative estimate of drug-likeness (QED) is 0.745. The number of hydrogen-bond donors (Lipinski definition) is 1. The molecule has 0 radical (unpaired) electrons. The first-order valence-corrected chi connectivity index (χ1v) is 8.04. The number of carbonyl (C=O) groups excluding carboxylic acids is 1. The summed E-state index contributed by atoms with van der Waals surface area (Å²) in [6.07, 6.45) is 5.53. The summed E-state index contributed by atoms with van der Waals surface area (Å²) < 4.78 is 5.22. The highest BCUT2D eigenvalue weighted by Gasteiger charge is 2.50. The normalized spacial score (nSPS) is 36.4. The van der Waals surface area contributed by atoms with Crippen LogP contribution < -0.4 is 5.32 Å². The highest BCUT2D eigenvalue weighted by Crippen LogP contribution is 2.38. The van der Waals surface area contributed by atoms with Crippen LogP contribution in [0.4, 0.5) is 0 Å². The third-order valence-corrected chi connectivity index (χ3v) is 5.40. The maximum atomic E-state index is 12.6. The molecule has 3 aliphatic rings. The fourth-order valence-electron chi connectivity index (χ4n) is 4.31. The van der Waals surface area contributed by atoms with Gasteiger partial charge in [-0.25, -0.2) is 0 Å². The molecule has 3 saturated heterocycles. The van der Waals surface area contributed by atoms with Crippen LogP contribution in [0.5, 0.6) is 0 Å². The van der Waals surface area contributed by atoms with E-state index >= 15 is 0 Å². The first kappa shape index (κ1) is 14.3. The van der Waals surface area contributed by atoms with Crippen molar-refractivity contribution in [1.82, 2.24) is 15.1 Å². The molecule has 3 aliphatic heterocycles. The summed E-state index contributed by atoms with van der Waals surface area (Å²) in [7, 11) is 1.54. The van der Waals surface area contributed by atoms with Gasteiger partial charge in [-0.2, -0.15) is 0 Å². The fourth-order valence-corrected chi connectivity index (χ4v) is 4.31. The van der Waals surface area contributed by atoms with E-state index in [4.69, 9.17) is 4.74 Å². The Labute approximate surface area is 121 Å². The van der Waals surface area contributed by atoms with Crippen LogP contribution in [-0.4, -0.2) is 73.7 Å². The van der Waals surface area contributed by atoms with Crippen molar-refractivity contribution in [3.63, 3.8) is 0 Å². The molecule has 0 amide bonds. The van der Waals surface area contributed by atoms with Gasteiger partial charge in [-0.1, -0.05) is 0 Å². The van der Waals surface area contributed by atoms with Crippen molar-refractivity contribution in [3.8, 4) is 0 Å². The van der Waals surface area contributed by atoms with Gasteiger partial charge >= 0.3 is 5.97 Å². The van der Waals surface area contributed by atoms with Gasteiger partial charge in [0.25, 0.3) is 0 Å². The number of fused-ring (bicyclic) bond motifs is 1. The number of hydrogen-bond acceptors (Lipinski definition) is 5. The first-order chi connectivity index (χ1) is 9.76. The maximum absolute atomic E-state index is 12.6. The third-order valence-electron chi connectivity index (χ3n) is 5.40. The van der Waals surface area contributed by atoms with E-state index < -0.39 is 0 Å². The molecule has 3 fully saturated rings. The zero-order valence-electron chi connectivity index (χ0n) is 12.6. The van der Waals surface area contributed by atoms with Gasteiger partial charge in [-0.3, -0.25) is 9.69 Å². The molecule has 0 aliphatic carbocycles. The number of rotatable bonds is 2. The Morgan fingerprint density at radius 1 is 1.20 bits per heavy atom. The number of ether oxygens (including phenoxy) is 1. The molecule has 0 aromatic carbocycles. The van der Waals surface area contributed by atoms with E-state index in [0.29, 0.717) is 6.04 Å². The smallest absolute Gasteiger partial charge is 0.326 e. The number of methoxy groups -OCH3 is 1. The minimum Gasteiger partial charge on any atom is -0.468 e. The van der Waals surface area contributed by atoms with Crippen molar-refractivity contribution in [1.29, 1.82) is 0 Å². The number of piperidine rings is 1. The van der Waals surface area contributed by atoms with Crippen LogP contribution in [0.1, 0.15) is 32.1 Å². The highest BCUT2D eigenvalue weighted by atomic mass is 16.5. The predicted octanol–water partition coefficient (Wildman–Crippen LogP) is 0.452. The number of nitrogens with one attached hydrogen (secondary N) is 1. The van der Waals surface area contributed by atoms with Gasteiger partial charge in [0.15, 0.2) is 0 Å². The predicted molar refractivity (Wildman–Crippen MR) is 77.6 cm³/mol. The van der Waals surface area contributed by atoms with Crippen LogP contribution in [0.3, 0.4) is 0 Å². The summed E-state index contributed by atoms with van der Waals surface area (Å²) in [6.45, 7) is 6.26. The Morgan fingerprint density at radius 2 is 2.10 bits per heavy atom. The van der Waals surface area contributed by atoms with Crippen LogP contribution in [0.2, 0.25) is 0 Å². The lowest BCUT2D eigenvalue weighted by molar-refractivity contribution is -0.160. The van der Waals surface area contributed by atoms with Crippen LogP contribution in [0, 0.1) is 0 Å². The molecule has 0 aromatic heterocycles. The van der Waals surface area contributed by atoms with Crippen LogP contribution in [0.15, 0.2) is 0 Å². The Bertz CT molecular complexity index is 355. The van der Waals surface area contributed by atoms with Gasteiger partial charge in [0.1, 0.15) is 5.54 Å². The van der Waals surface area contributed by atoms with Crippen molar-refractivity contribution in [2.24, 2.45) is 0 Å². The lowest BCUT2D eigenvalue weighted by atomic mass is 9.81. The highest BCUT2D eigenvalue weighted by molar-refractivity contribution is 5.81. The molecule has 5 nitrogen and oxygen atoms in total. The number of nitrogens with zero attached hydrogens (tertiary/aromatic N) is 2. The second-order valence-electron chi connectivity index (χ2n) is 6.40. The van der Waals surface area contributed by atoms with Crippen molar-refractivity contribution in [2.45, 2.75) is 43.7 Å². The second kappa shape index (κ2) is 6.00. The average molecular weight is 281 g/mol. The zero-order chi connectivity index (χ0) is 14.0. The SMILES string of the molecule is COC(=O)C1(N2CCCNCC2)CCN2CCCC2C1. The molecule has 0 aromatic rings. The topological polar surface area (TPSA) is 44.8 Å². The standard InChI is InChI=1S/C15H27N3O2/c1-20-14(19)15(18-9-3-6-16-7-11-18)5-10-17-8-2-4-13(17)12-15/h13,16H,2-12H2,1H3. The lowest BCUT2D eigenvalue weighted by Gasteiger charge is -2.48. The molecule has 0 spiro atoms. The molecule has 1 N–H and O–H groups in total. The summed E-state index contributed by atoms with van der Waals surface area (Å²) in [4.78, 5) is 17.6. The van der Waals surface area contributed by atoms with E-state index in [9.17, 15) is 4.79 Å². The van der Waals surface area contributed by atoms with Crippen molar-refractivity contribution >= 4 is 5.97 Å². The molecular weight excluding hydrogens is 254 g/mol. The Morgan fingerprint density at radius 3 is 2.95 bits per heavy atom. The van der Waals surface area contributed by atoms with Crippen molar-refractivity contribution in [2.75, 3.05) is 46.4 Å². The Balaban J connectivity index is 1.82. The Hall–Kier alpha value is -0.650. The molecule has 3 rings (SSSR count). The molecule has 0 bridgehead atoms. The van der Waals surface area contributed by atoms with E-state index in [2.05, 4.69) is 15.1 Å². The van der Waals surface area contributed by atoms with Gasteiger partial charge in [-0.15, -0.1) is 0 Å². The number of carbonyl (C=O) groups is 1. The van der Waals surface area contributed by atoms with E-state index in [1.54, 1.807) is 7.11 Å². The lowest BCUT2D eigenvalue weighted by Crippen LogP contribution is -2.62. The molecule has 114 valence electrons. The minimum atomic E-state index is -0.369. The summed E-state index contributed by atoms with van der Waals surface area (Å²) in [5.41, 5.74) is -0.369. The van der Waals surface area contributed by atoms with E-state index in [1.165, 1.54) is 19.4 Å². The zero-order valence-corrected chi connectivity index (χ0v) is 12.6. The minimum absolute atomic E-state index is 0.00838. The molecular formula is C15H27N3O2. The molecule has 20 heavy (non-hydrogen) atoms. The monoisotopic (exact) mass is 281 g/mol. The molecule has 3 heterocycles. The third kappa shape index (κ3) is 2.47. The summed E-state index contributed by atoms with van der Waals surface area (Å²) in [5.74, 6) is -0.00838. The van der Waals surface area contributed by atoms with Gasteiger partial charge in [0.2, 0.25) is 0 Å². The maximum Gasteiger partial charge on any atom is 0.326 e. The van der Waals surface area contributed by atoms with Crippen LogP contribution in [-0.2, 0) is 9.53 Å². The average Bonchev–Trinajstić information content (AvgIpc) is 2.76. The number of esters is 1. The van der Waals surface area contributed by atoms with Gasteiger partial charge in [0.05, 0.1) is 7.11 Å².